The van der Waals surface area contributed by atoms with E-state index in [1.165, 1.54) is 34.2 Å². The average Bonchev–Trinajstić information content (AvgIpc) is 2.95. The lowest BCUT2D eigenvalue weighted by Gasteiger charge is -2.13. The predicted octanol–water partition coefficient (Wildman–Crippen LogP) is 1.84. The number of thiophene rings is 1. The number of aryl methyl sites for hydroxylation is 1. The molecule has 2 aromatic rings. The van der Waals surface area contributed by atoms with Crippen LogP contribution in [0.4, 0.5) is 0 Å². The second kappa shape index (κ2) is 6.49. The molecule has 5 nitrogen and oxygen atoms in total. The average molecular weight is 304 g/mol. The number of amides is 1. The second-order valence-electron chi connectivity index (χ2n) is 4.85. The van der Waals surface area contributed by atoms with Crippen LogP contribution in [0.2, 0.25) is 0 Å². The molecule has 0 spiro atoms. The van der Waals surface area contributed by atoms with E-state index in [4.69, 9.17) is 0 Å². The Hall–Kier alpha value is -2.21. The van der Waals surface area contributed by atoms with Gasteiger partial charge in [0.05, 0.1) is 10.4 Å². The van der Waals surface area contributed by atoms with Gasteiger partial charge in [-0.15, -0.1) is 11.3 Å². The fourth-order valence-corrected chi connectivity index (χ4v) is 2.58. The van der Waals surface area contributed by atoms with E-state index in [1.54, 1.807) is 20.0 Å². The number of Topliss-reactive ketones (excluding diaryl/α,β-unsaturated/α-hetero) is 1. The Balaban J connectivity index is 1.97. The Kier molecular flexibility index (Phi) is 4.70. The van der Waals surface area contributed by atoms with Gasteiger partial charge in [0.25, 0.3) is 5.91 Å². The Bertz CT molecular complexity index is 704. The van der Waals surface area contributed by atoms with E-state index in [-0.39, 0.29) is 29.7 Å². The van der Waals surface area contributed by atoms with Gasteiger partial charge in [-0.1, -0.05) is 6.07 Å². The van der Waals surface area contributed by atoms with Crippen molar-refractivity contribution in [3.05, 3.63) is 56.6 Å². The van der Waals surface area contributed by atoms with Crippen molar-refractivity contribution in [2.45, 2.75) is 19.4 Å². The van der Waals surface area contributed by atoms with E-state index in [1.807, 2.05) is 11.4 Å². The van der Waals surface area contributed by atoms with Gasteiger partial charge < -0.3 is 9.88 Å². The number of rotatable bonds is 5. The Morgan fingerprint density at radius 1 is 1.33 bits per heavy atom. The Morgan fingerprint density at radius 3 is 2.71 bits per heavy atom. The van der Waals surface area contributed by atoms with Crippen molar-refractivity contribution in [2.24, 2.45) is 7.05 Å². The highest BCUT2D eigenvalue weighted by Crippen LogP contribution is 2.12. The fourth-order valence-electron chi connectivity index (χ4n) is 1.90. The van der Waals surface area contributed by atoms with E-state index in [9.17, 15) is 14.4 Å². The summed E-state index contributed by atoms with van der Waals surface area (Å²) in [6.45, 7) is 1.78. The molecule has 2 heterocycles. The lowest BCUT2D eigenvalue weighted by Crippen LogP contribution is -2.34. The van der Waals surface area contributed by atoms with Crippen LogP contribution in [0, 0.1) is 0 Å². The van der Waals surface area contributed by atoms with E-state index >= 15 is 0 Å². The predicted molar refractivity (Wildman–Crippen MR) is 81.9 cm³/mol. The molecule has 6 heteroatoms. The number of carbonyl (C=O) groups is 2. The van der Waals surface area contributed by atoms with E-state index in [0.29, 0.717) is 10.4 Å². The minimum atomic E-state index is -0.294. The van der Waals surface area contributed by atoms with Crippen molar-refractivity contribution in [1.29, 1.82) is 0 Å². The summed E-state index contributed by atoms with van der Waals surface area (Å²) >= 11 is 1.39. The number of aromatic nitrogens is 1. The first-order valence-electron chi connectivity index (χ1n) is 6.51. The topological polar surface area (TPSA) is 68.2 Å². The van der Waals surface area contributed by atoms with E-state index in [0.717, 1.165) is 0 Å². The summed E-state index contributed by atoms with van der Waals surface area (Å²) < 4.78 is 1.34. The van der Waals surface area contributed by atoms with Gasteiger partial charge in [-0.05, 0) is 24.4 Å². The van der Waals surface area contributed by atoms with Crippen LogP contribution < -0.4 is 10.9 Å². The summed E-state index contributed by atoms with van der Waals surface area (Å²) in [4.78, 5) is 36.0. The zero-order valence-electron chi connectivity index (χ0n) is 11.8. The molecule has 0 saturated carbocycles. The molecule has 0 saturated heterocycles. The molecular weight excluding hydrogens is 288 g/mol. The monoisotopic (exact) mass is 304 g/mol. The van der Waals surface area contributed by atoms with Crippen molar-refractivity contribution >= 4 is 23.0 Å². The summed E-state index contributed by atoms with van der Waals surface area (Å²) in [5, 5.41) is 4.61. The SMILES string of the molecule is CC(CC(=O)c1cccs1)NC(=O)c1ccc(=O)n(C)c1. The van der Waals surface area contributed by atoms with E-state index < -0.39 is 0 Å². The number of nitrogens with one attached hydrogen (secondary N) is 1. The molecule has 1 atom stereocenters. The molecule has 0 fully saturated rings. The largest absolute Gasteiger partial charge is 0.349 e. The lowest BCUT2D eigenvalue weighted by atomic mass is 10.1. The molecule has 21 heavy (non-hydrogen) atoms. The smallest absolute Gasteiger partial charge is 0.252 e. The number of carbonyl (C=O) groups excluding carboxylic acids is 2. The second-order valence-corrected chi connectivity index (χ2v) is 5.79. The number of ketones is 1. The minimum absolute atomic E-state index is 0.0123. The molecular formula is C15H16N2O3S. The molecule has 0 aliphatic rings. The van der Waals surface area contributed by atoms with Crippen molar-refractivity contribution in [2.75, 3.05) is 0 Å². The molecule has 1 amide bonds. The van der Waals surface area contributed by atoms with Crippen LogP contribution in [-0.2, 0) is 7.05 Å². The molecule has 2 aromatic heterocycles. The molecule has 110 valence electrons. The molecule has 0 aliphatic heterocycles. The Morgan fingerprint density at radius 2 is 2.10 bits per heavy atom. The number of nitrogens with zero attached hydrogens (tertiary/aromatic N) is 1. The highest BCUT2D eigenvalue weighted by Gasteiger charge is 2.15. The molecule has 1 unspecified atom stereocenters. The zero-order chi connectivity index (χ0) is 15.4. The summed E-state index contributed by atoms with van der Waals surface area (Å²) in [5.74, 6) is -0.282. The summed E-state index contributed by atoms with van der Waals surface area (Å²) in [7, 11) is 1.59. The van der Waals surface area contributed by atoms with Gasteiger partial charge in [0.1, 0.15) is 0 Å². The quantitative estimate of drug-likeness (QED) is 0.857. The molecule has 0 bridgehead atoms. The summed E-state index contributed by atoms with van der Waals surface area (Å²) in [5.41, 5.74) is 0.222. The van der Waals surface area contributed by atoms with Crippen LogP contribution in [0.3, 0.4) is 0 Å². The molecule has 0 radical (unpaired) electrons. The van der Waals surface area contributed by atoms with Crippen LogP contribution >= 0.6 is 11.3 Å². The number of pyridine rings is 1. The van der Waals surface area contributed by atoms with Gasteiger partial charge >= 0.3 is 0 Å². The van der Waals surface area contributed by atoms with Gasteiger partial charge in [-0.25, -0.2) is 0 Å². The summed E-state index contributed by atoms with van der Waals surface area (Å²) in [6.07, 6.45) is 1.73. The van der Waals surface area contributed by atoms with Crippen LogP contribution in [0.25, 0.3) is 0 Å². The lowest BCUT2D eigenvalue weighted by molar-refractivity contribution is 0.0919. The standard InChI is InChI=1S/C15H16N2O3S/c1-10(8-12(18)13-4-3-7-21-13)16-15(20)11-5-6-14(19)17(2)9-11/h3-7,9-10H,8H2,1-2H3,(H,16,20). The van der Waals surface area contributed by atoms with Crippen molar-refractivity contribution < 1.29 is 9.59 Å². The minimum Gasteiger partial charge on any atom is -0.349 e. The Labute approximate surface area is 126 Å². The third kappa shape index (κ3) is 3.88. The zero-order valence-corrected chi connectivity index (χ0v) is 12.6. The van der Waals surface area contributed by atoms with Gasteiger partial charge in [-0.2, -0.15) is 0 Å². The normalized spacial score (nSPS) is 11.9. The van der Waals surface area contributed by atoms with Gasteiger partial charge in [0, 0.05) is 31.8 Å². The molecule has 1 N–H and O–H groups in total. The maximum Gasteiger partial charge on any atom is 0.252 e. The fraction of sp³-hybridized carbons (Fsp3) is 0.267. The highest BCUT2D eigenvalue weighted by atomic mass is 32.1. The van der Waals surface area contributed by atoms with Crippen LogP contribution in [-0.4, -0.2) is 22.3 Å². The van der Waals surface area contributed by atoms with Crippen molar-refractivity contribution in [3.63, 3.8) is 0 Å². The first kappa shape index (κ1) is 15.2. The number of hydrogen-bond acceptors (Lipinski definition) is 4. The molecule has 0 aliphatic carbocycles. The van der Waals surface area contributed by atoms with Gasteiger partial charge in [-0.3, -0.25) is 14.4 Å². The van der Waals surface area contributed by atoms with Gasteiger partial charge in [0.2, 0.25) is 5.56 Å². The molecule has 0 aromatic carbocycles. The third-order valence-electron chi connectivity index (χ3n) is 3.01. The van der Waals surface area contributed by atoms with Crippen LogP contribution in [0.5, 0.6) is 0 Å². The maximum absolute atomic E-state index is 12.1. The highest BCUT2D eigenvalue weighted by molar-refractivity contribution is 7.12. The summed E-state index contributed by atoms with van der Waals surface area (Å²) in [6, 6.07) is 6.14. The van der Waals surface area contributed by atoms with Crippen molar-refractivity contribution in [1.82, 2.24) is 9.88 Å². The van der Waals surface area contributed by atoms with Crippen LogP contribution in [0.15, 0.2) is 40.6 Å². The van der Waals surface area contributed by atoms with Crippen molar-refractivity contribution in [3.8, 4) is 0 Å². The maximum atomic E-state index is 12.1. The van der Waals surface area contributed by atoms with Gasteiger partial charge in [0.15, 0.2) is 5.78 Å². The third-order valence-corrected chi connectivity index (χ3v) is 3.92. The van der Waals surface area contributed by atoms with Crippen LogP contribution in [0.1, 0.15) is 33.4 Å². The van der Waals surface area contributed by atoms with E-state index in [2.05, 4.69) is 5.32 Å². The first-order chi connectivity index (χ1) is 9.97. The first-order valence-corrected chi connectivity index (χ1v) is 7.39. The number of hydrogen-bond donors (Lipinski definition) is 1. The molecule has 2 rings (SSSR count).